The van der Waals surface area contributed by atoms with Gasteiger partial charge in [-0.1, -0.05) is 0 Å². The van der Waals surface area contributed by atoms with Gasteiger partial charge in [-0.25, -0.2) is 9.69 Å². The number of urea groups is 1. The van der Waals surface area contributed by atoms with E-state index in [1.807, 2.05) is 41.8 Å². The Hall–Kier alpha value is 1.17. The summed E-state index contributed by atoms with van der Waals surface area (Å²) in [6, 6.07) is -0.418. The normalized spacial score (nSPS) is 14.1. The maximum absolute atomic E-state index is 12.3. The average Bonchev–Trinajstić information content (AvgIpc) is 2.19. The second kappa shape index (κ2) is 8.90. The van der Waals surface area contributed by atoms with Gasteiger partial charge in [0.25, 0.3) is 0 Å². The van der Waals surface area contributed by atoms with Crippen LogP contribution in [0.15, 0.2) is 0 Å². The third-order valence-electron chi connectivity index (χ3n) is 2.19. The van der Waals surface area contributed by atoms with Crippen molar-refractivity contribution < 1.29 is 14.2 Å². The molecule has 0 saturated heterocycles. The molecule has 0 aliphatic carbocycles. The van der Waals surface area contributed by atoms with Gasteiger partial charge in [0.05, 0.1) is 14.1 Å². The maximum atomic E-state index is 12.3. The van der Waals surface area contributed by atoms with Crippen molar-refractivity contribution >= 4 is 80.4 Å². The van der Waals surface area contributed by atoms with Crippen LogP contribution in [-0.2, 0) is 4.79 Å². The monoisotopic (exact) mass is 573 g/mol. The van der Waals surface area contributed by atoms with Crippen LogP contribution in [0.25, 0.3) is 0 Å². The molecule has 0 aliphatic rings. The zero-order valence-electron chi connectivity index (χ0n) is 14.6. The topological polar surface area (TPSA) is 43.6 Å². The Morgan fingerprint density at radius 3 is 1.42 bits per heavy atom. The number of hydrogen-bond acceptors (Lipinski definition) is 2. The third-order valence-corrected chi connectivity index (χ3v) is 2.19. The number of carbonyl (C=O) groups excluding carboxylic acids is 2. The van der Waals surface area contributed by atoms with Gasteiger partial charge in [-0.15, -0.1) is 0 Å². The van der Waals surface area contributed by atoms with Crippen LogP contribution in [0.5, 0.6) is 0 Å². The van der Waals surface area contributed by atoms with Crippen molar-refractivity contribution in [1.82, 2.24) is 9.80 Å². The summed E-state index contributed by atoms with van der Waals surface area (Å²) in [6.45, 7) is 8.89. The number of halogens is 6. The molecule has 0 rings (SSSR count). The quantitative estimate of drug-likeness (QED) is 0.202. The van der Waals surface area contributed by atoms with Crippen molar-refractivity contribution in [3.05, 3.63) is 0 Å². The van der Waals surface area contributed by atoms with Gasteiger partial charge in [-0.2, -0.15) is 4.90 Å². The van der Waals surface area contributed by atoms with Gasteiger partial charge in [0, 0.05) is 13.0 Å². The van der Waals surface area contributed by atoms with Crippen LogP contribution in [0.3, 0.4) is 0 Å². The number of nitrogens with zero attached hydrogens (tertiary/aromatic N) is 3. The van der Waals surface area contributed by atoms with E-state index in [0.717, 1.165) is 0 Å². The molecule has 0 aromatic carbocycles. The van der Waals surface area contributed by atoms with Crippen molar-refractivity contribution in [3.63, 3.8) is 0 Å². The molecule has 0 aromatic rings. The van der Waals surface area contributed by atoms with E-state index in [4.69, 9.17) is 53.0 Å². The first kappa shape index (κ1) is 27.4. The van der Waals surface area contributed by atoms with Crippen LogP contribution in [0.2, 0.25) is 0 Å². The Balaban J connectivity index is 0. The van der Waals surface area contributed by atoms with Gasteiger partial charge in [0.1, 0.15) is 6.04 Å². The van der Waals surface area contributed by atoms with E-state index in [0.29, 0.717) is 0 Å². The molecule has 146 valence electrons. The summed E-state index contributed by atoms with van der Waals surface area (Å²) >= 11 is 0. The Kier molecular flexibility index (Phi) is 10.2. The fourth-order valence-corrected chi connectivity index (χ4v) is 1.50. The zero-order valence-corrected chi connectivity index (χ0v) is 21.7. The SMILES string of the molecule is CC(=O)N(C(=O)N(C=[N+](C)C)C(C)C)C(C)C.[Cl][Sb-]([Cl])([Cl])([Cl])([Cl])[Cl]. The van der Waals surface area contributed by atoms with E-state index in [2.05, 4.69) is 0 Å². The number of hydrogen-bond donors (Lipinski definition) is 0. The summed E-state index contributed by atoms with van der Waals surface area (Å²) in [4.78, 5) is 26.6. The summed E-state index contributed by atoms with van der Waals surface area (Å²) in [7, 11) is 28.7. The molecule has 0 bridgehead atoms. The van der Waals surface area contributed by atoms with Gasteiger partial charge in [0.15, 0.2) is 0 Å². The molecule has 0 unspecified atom stereocenters. The number of imide groups is 1. The van der Waals surface area contributed by atoms with Gasteiger partial charge in [0.2, 0.25) is 12.2 Å². The fourth-order valence-electron chi connectivity index (χ4n) is 1.50. The first-order valence-electron chi connectivity index (χ1n) is 6.83. The summed E-state index contributed by atoms with van der Waals surface area (Å²) in [5.74, 6) is -0.234. The van der Waals surface area contributed by atoms with Crippen LogP contribution >= 0.6 is 53.0 Å². The van der Waals surface area contributed by atoms with Crippen LogP contribution in [0.1, 0.15) is 34.6 Å². The number of carbonyl (C=O) groups is 2. The molecular weight excluding hydrogens is 553 g/mol. The van der Waals surface area contributed by atoms with Gasteiger partial charge >= 0.3 is 68.1 Å². The molecule has 0 atom stereocenters. The molecule has 0 aromatic heterocycles. The van der Waals surface area contributed by atoms with E-state index >= 15 is 0 Å². The molecule has 24 heavy (non-hydrogen) atoms. The zero-order chi connectivity index (χ0) is 20.2. The second-order valence-corrected chi connectivity index (χ2v) is 62.7. The summed E-state index contributed by atoms with van der Waals surface area (Å²) in [5, 5.41) is 0. The van der Waals surface area contributed by atoms with Crippen LogP contribution in [0.4, 0.5) is 4.79 Å². The molecular formula is C12H24Cl6N3O2Sb. The predicted molar refractivity (Wildman–Crippen MR) is 109 cm³/mol. The van der Waals surface area contributed by atoms with Crippen molar-refractivity contribution in [3.8, 4) is 0 Å². The van der Waals surface area contributed by atoms with Crippen LogP contribution in [0, 0.1) is 0 Å². The van der Waals surface area contributed by atoms with E-state index < -0.39 is 9.14 Å². The molecule has 12 heteroatoms. The van der Waals surface area contributed by atoms with E-state index in [1.165, 1.54) is 11.8 Å². The van der Waals surface area contributed by atoms with Gasteiger partial charge < -0.3 is 0 Å². The van der Waals surface area contributed by atoms with E-state index in [1.54, 1.807) is 15.8 Å². The van der Waals surface area contributed by atoms with Crippen LogP contribution < -0.4 is 0 Å². The van der Waals surface area contributed by atoms with E-state index in [-0.39, 0.29) is 24.0 Å². The third kappa shape index (κ3) is 18.0. The molecule has 0 heterocycles. The van der Waals surface area contributed by atoms with Crippen LogP contribution in [-0.4, -0.2) is 68.0 Å². The average molecular weight is 577 g/mol. The van der Waals surface area contributed by atoms with Gasteiger partial charge in [-0.05, 0) is 27.7 Å². The van der Waals surface area contributed by atoms with Crippen molar-refractivity contribution in [1.29, 1.82) is 0 Å². The Labute approximate surface area is 163 Å². The number of rotatable bonds is 3. The van der Waals surface area contributed by atoms with Gasteiger partial charge in [-0.3, -0.25) is 9.37 Å². The fraction of sp³-hybridized carbons (Fsp3) is 0.750. The Bertz CT molecular complexity index is 486. The second-order valence-electron chi connectivity index (χ2n) is 5.80. The molecule has 0 N–H and O–H groups in total. The summed E-state index contributed by atoms with van der Waals surface area (Å²) < 4.78 is 1.79. The molecule has 3 amide bonds. The molecule has 0 aliphatic heterocycles. The number of amides is 3. The first-order chi connectivity index (χ1) is 10.1. The standard InChI is InChI=1S/C12H24N3O2.6ClH.Sb/c1-9(2)14(8-13(6)7)12(17)15(10(3)4)11(5)16;;;;;;;/h8-10H,1-7H3;6*1H;/q+1;;;;;;;+5/p-6. The van der Waals surface area contributed by atoms with E-state index in [9.17, 15) is 9.59 Å². The van der Waals surface area contributed by atoms with Crippen molar-refractivity contribution in [2.75, 3.05) is 14.1 Å². The Morgan fingerprint density at radius 1 is 0.917 bits per heavy atom. The minimum atomic E-state index is -5.42. The Morgan fingerprint density at radius 2 is 1.25 bits per heavy atom. The molecule has 0 fully saturated rings. The minimum absolute atomic E-state index is 0.00509. The van der Waals surface area contributed by atoms with Crippen molar-refractivity contribution in [2.45, 2.75) is 46.7 Å². The summed E-state index contributed by atoms with van der Waals surface area (Å²) in [6.07, 6.45) is 1.70. The summed E-state index contributed by atoms with van der Waals surface area (Å²) in [5.41, 5.74) is 0. The predicted octanol–water partition coefficient (Wildman–Crippen LogP) is 5.13. The molecule has 0 saturated carbocycles. The van der Waals surface area contributed by atoms with Crippen molar-refractivity contribution in [2.24, 2.45) is 0 Å². The molecule has 0 radical (unpaired) electrons. The first-order valence-corrected chi connectivity index (χ1v) is 26.2. The molecule has 5 nitrogen and oxygen atoms in total. The molecule has 0 spiro atoms.